The summed E-state index contributed by atoms with van der Waals surface area (Å²) in [5.41, 5.74) is 1.67. The van der Waals surface area contributed by atoms with Gasteiger partial charge in [-0.05, 0) is 54.4 Å². The van der Waals surface area contributed by atoms with Gasteiger partial charge < -0.3 is 10.6 Å². The largest absolute Gasteiger partial charge is 0.352 e. The van der Waals surface area contributed by atoms with Crippen molar-refractivity contribution >= 4 is 56.4 Å². The van der Waals surface area contributed by atoms with Crippen LogP contribution in [0.4, 0.5) is 11.4 Å². The molecular formula is C29H25Cl2N3O4S. The van der Waals surface area contributed by atoms with Crippen LogP contribution in [-0.2, 0) is 21.2 Å². The van der Waals surface area contributed by atoms with Crippen LogP contribution in [0, 0.1) is 0 Å². The van der Waals surface area contributed by atoms with Gasteiger partial charge in [-0.3, -0.25) is 13.9 Å². The van der Waals surface area contributed by atoms with E-state index in [2.05, 4.69) is 10.6 Å². The highest BCUT2D eigenvalue weighted by Crippen LogP contribution is 2.32. The average Bonchev–Trinajstić information content (AvgIpc) is 2.93. The van der Waals surface area contributed by atoms with E-state index in [1.807, 2.05) is 30.3 Å². The second-order valence-electron chi connectivity index (χ2n) is 8.51. The molecule has 0 aliphatic carbocycles. The molecule has 200 valence electrons. The van der Waals surface area contributed by atoms with Crippen LogP contribution in [0.5, 0.6) is 0 Å². The quantitative estimate of drug-likeness (QED) is 0.247. The fraction of sp³-hybridized carbons (Fsp3) is 0.103. The Kier molecular flexibility index (Phi) is 9.24. The molecule has 0 unspecified atom stereocenters. The van der Waals surface area contributed by atoms with Crippen molar-refractivity contribution in [2.45, 2.75) is 11.3 Å². The van der Waals surface area contributed by atoms with Crippen molar-refractivity contribution in [2.24, 2.45) is 0 Å². The first kappa shape index (κ1) is 28.2. The fourth-order valence-corrected chi connectivity index (χ4v) is 5.89. The van der Waals surface area contributed by atoms with E-state index in [9.17, 15) is 18.0 Å². The molecule has 0 atom stereocenters. The van der Waals surface area contributed by atoms with E-state index < -0.39 is 22.5 Å². The summed E-state index contributed by atoms with van der Waals surface area (Å²) in [7, 11) is -4.18. The maximum absolute atomic E-state index is 13.6. The van der Waals surface area contributed by atoms with Crippen molar-refractivity contribution in [3.8, 4) is 0 Å². The first-order chi connectivity index (χ1) is 18.8. The fourth-order valence-electron chi connectivity index (χ4n) is 3.87. The van der Waals surface area contributed by atoms with Crippen molar-refractivity contribution in [2.75, 3.05) is 22.7 Å². The second kappa shape index (κ2) is 12.8. The number of amides is 2. The minimum absolute atomic E-state index is 0.0120. The molecule has 10 heteroatoms. The van der Waals surface area contributed by atoms with Gasteiger partial charge in [0.25, 0.3) is 15.9 Å². The molecule has 0 radical (unpaired) electrons. The van der Waals surface area contributed by atoms with Crippen LogP contribution in [0.2, 0.25) is 10.0 Å². The van der Waals surface area contributed by atoms with Crippen LogP contribution in [-0.4, -0.2) is 33.3 Å². The molecule has 2 amide bonds. The van der Waals surface area contributed by atoms with Crippen molar-refractivity contribution in [3.05, 3.63) is 124 Å². The predicted octanol–water partition coefficient (Wildman–Crippen LogP) is 5.80. The molecule has 0 aromatic heterocycles. The van der Waals surface area contributed by atoms with Crippen molar-refractivity contribution in [1.29, 1.82) is 0 Å². The molecule has 0 heterocycles. The zero-order valence-corrected chi connectivity index (χ0v) is 23.0. The number of hydrogen-bond acceptors (Lipinski definition) is 4. The zero-order valence-electron chi connectivity index (χ0n) is 20.7. The third-order valence-electron chi connectivity index (χ3n) is 5.78. The molecule has 0 fully saturated rings. The summed E-state index contributed by atoms with van der Waals surface area (Å²) in [5.74, 6) is -1.03. The van der Waals surface area contributed by atoms with E-state index in [1.165, 1.54) is 30.3 Å². The molecule has 0 saturated heterocycles. The highest BCUT2D eigenvalue weighted by Gasteiger charge is 2.29. The number of carbonyl (C=O) groups excluding carboxylic acids is 2. The Balaban J connectivity index is 1.54. The van der Waals surface area contributed by atoms with Gasteiger partial charge in [0.1, 0.15) is 6.54 Å². The molecule has 7 nitrogen and oxygen atoms in total. The summed E-state index contributed by atoms with van der Waals surface area (Å²) in [6.45, 7) is -0.189. The van der Waals surface area contributed by atoms with Crippen LogP contribution >= 0.6 is 23.2 Å². The molecule has 0 bridgehead atoms. The zero-order chi connectivity index (χ0) is 27.8. The Morgan fingerprint density at radius 2 is 1.44 bits per heavy atom. The number of nitrogens with zero attached hydrogens (tertiary/aromatic N) is 1. The molecule has 2 N–H and O–H groups in total. The number of benzene rings is 4. The first-order valence-electron chi connectivity index (χ1n) is 12.0. The highest BCUT2D eigenvalue weighted by atomic mass is 35.5. The summed E-state index contributed by atoms with van der Waals surface area (Å²) in [6.07, 6.45) is 0.648. The average molecular weight is 583 g/mol. The number of carbonyl (C=O) groups is 2. The van der Waals surface area contributed by atoms with Gasteiger partial charge in [-0.15, -0.1) is 0 Å². The van der Waals surface area contributed by atoms with Gasteiger partial charge >= 0.3 is 0 Å². The third-order valence-corrected chi connectivity index (χ3v) is 8.10. The van der Waals surface area contributed by atoms with Gasteiger partial charge in [-0.25, -0.2) is 8.42 Å². The lowest BCUT2D eigenvalue weighted by molar-refractivity contribution is -0.114. The second-order valence-corrected chi connectivity index (χ2v) is 11.2. The molecule has 0 aliphatic rings. The van der Waals surface area contributed by atoms with E-state index in [-0.39, 0.29) is 32.8 Å². The van der Waals surface area contributed by atoms with E-state index in [0.29, 0.717) is 18.0 Å². The van der Waals surface area contributed by atoms with Gasteiger partial charge in [0.2, 0.25) is 5.91 Å². The van der Waals surface area contributed by atoms with E-state index in [0.717, 1.165) is 9.87 Å². The Hall–Kier alpha value is -3.85. The van der Waals surface area contributed by atoms with Gasteiger partial charge in [0.15, 0.2) is 0 Å². The monoisotopic (exact) mass is 581 g/mol. The summed E-state index contributed by atoms with van der Waals surface area (Å²) in [5, 5.41) is 5.92. The van der Waals surface area contributed by atoms with Crippen LogP contribution < -0.4 is 14.9 Å². The van der Waals surface area contributed by atoms with Gasteiger partial charge in [0, 0.05) is 11.6 Å². The number of halogens is 2. The molecule has 4 rings (SSSR count). The minimum Gasteiger partial charge on any atom is -0.352 e. The van der Waals surface area contributed by atoms with Crippen LogP contribution in [0.1, 0.15) is 15.9 Å². The van der Waals surface area contributed by atoms with Crippen molar-refractivity contribution in [1.82, 2.24) is 5.32 Å². The maximum atomic E-state index is 13.6. The molecule has 0 aliphatic heterocycles. The highest BCUT2D eigenvalue weighted by molar-refractivity contribution is 7.92. The van der Waals surface area contributed by atoms with Crippen LogP contribution in [0.15, 0.2) is 108 Å². The number of rotatable bonds is 10. The van der Waals surface area contributed by atoms with Crippen molar-refractivity contribution < 1.29 is 18.0 Å². The number of para-hydroxylation sites is 1. The van der Waals surface area contributed by atoms with Crippen LogP contribution in [0.25, 0.3) is 0 Å². The minimum atomic E-state index is -4.18. The van der Waals surface area contributed by atoms with Crippen LogP contribution in [0.3, 0.4) is 0 Å². The maximum Gasteiger partial charge on any atom is 0.264 e. The first-order valence-corrected chi connectivity index (χ1v) is 14.2. The lowest BCUT2D eigenvalue weighted by Crippen LogP contribution is -2.38. The normalized spacial score (nSPS) is 11.0. The van der Waals surface area contributed by atoms with Crippen molar-refractivity contribution in [3.63, 3.8) is 0 Å². The lowest BCUT2D eigenvalue weighted by Gasteiger charge is -2.25. The molecule has 39 heavy (non-hydrogen) atoms. The molecular weight excluding hydrogens is 557 g/mol. The number of nitrogens with one attached hydrogen (secondary N) is 2. The Bertz CT molecular complexity index is 1570. The molecule has 4 aromatic rings. The molecule has 0 saturated carbocycles. The summed E-state index contributed by atoms with van der Waals surface area (Å²) >= 11 is 12.4. The predicted molar refractivity (Wildman–Crippen MR) is 155 cm³/mol. The van der Waals surface area contributed by atoms with E-state index in [4.69, 9.17) is 23.2 Å². The summed E-state index contributed by atoms with van der Waals surface area (Å²) in [6, 6.07) is 28.3. The Morgan fingerprint density at radius 3 is 2.13 bits per heavy atom. The van der Waals surface area contributed by atoms with Gasteiger partial charge in [0.05, 0.1) is 26.9 Å². The summed E-state index contributed by atoms with van der Waals surface area (Å²) < 4.78 is 28.0. The van der Waals surface area contributed by atoms with Gasteiger partial charge in [-0.2, -0.15) is 0 Å². The molecule has 4 aromatic carbocycles. The SMILES string of the molecule is O=C(CN(c1ccc(Cl)cc1Cl)S(=O)(=O)c1ccccc1)Nc1ccccc1C(=O)NCCc1ccccc1. The number of anilines is 2. The van der Waals surface area contributed by atoms with Gasteiger partial charge in [-0.1, -0.05) is 83.9 Å². The lowest BCUT2D eigenvalue weighted by atomic mass is 10.1. The summed E-state index contributed by atoms with van der Waals surface area (Å²) in [4.78, 5) is 26.1. The van der Waals surface area contributed by atoms with E-state index in [1.54, 1.807) is 42.5 Å². The number of sulfonamides is 1. The molecule has 0 spiro atoms. The Labute approximate surface area is 237 Å². The standard InChI is InChI=1S/C29H25Cl2N3O4S/c30-22-15-16-27(25(31)19-22)34(39(37,38)23-11-5-2-6-12-23)20-28(35)33-26-14-8-7-13-24(26)29(36)32-18-17-21-9-3-1-4-10-21/h1-16,19H,17-18,20H2,(H,32,36)(H,33,35). The Morgan fingerprint density at radius 1 is 0.795 bits per heavy atom. The smallest absolute Gasteiger partial charge is 0.264 e. The number of hydrogen-bond donors (Lipinski definition) is 2. The third kappa shape index (κ3) is 7.17. The topological polar surface area (TPSA) is 95.6 Å². The van der Waals surface area contributed by atoms with E-state index >= 15 is 0 Å².